The van der Waals surface area contributed by atoms with Crippen LogP contribution >= 0.6 is 11.6 Å². The van der Waals surface area contributed by atoms with Crippen LogP contribution < -0.4 is 0 Å². The van der Waals surface area contributed by atoms with Crippen molar-refractivity contribution in [1.29, 1.82) is 0 Å². The molecule has 0 saturated carbocycles. The van der Waals surface area contributed by atoms with Gasteiger partial charge in [0.05, 0.1) is 6.04 Å². The maximum absolute atomic E-state index is 12.7. The van der Waals surface area contributed by atoms with Crippen LogP contribution in [0.5, 0.6) is 0 Å². The molecule has 0 spiro atoms. The smallest absolute Gasteiger partial charge is 0.410 e. The van der Waals surface area contributed by atoms with E-state index in [0.29, 0.717) is 5.02 Å². The van der Waals surface area contributed by atoms with Crippen LogP contribution in [0.15, 0.2) is 54.6 Å². The molecule has 0 bridgehead atoms. The molecule has 27 heavy (non-hydrogen) atoms. The van der Waals surface area contributed by atoms with E-state index in [1.165, 1.54) is 12.8 Å². The third-order valence-electron chi connectivity index (χ3n) is 5.11. The van der Waals surface area contributed by atoms with E-state index < -0.39 is 0 Å². The molecular weight excluding hydrogens is 360 g/mol. The Bertz CT molecular complexity index is 732. The summed E-state index contributed by atoms with van der Waals surface area (Å²) < 4.78 is 5.53. The predicted octanol–water partition coefficient (Wildman–Crippen LogP) is 5.14. The lowest BCUT2D eigenvalue weighted by molar-refractivity contribution is 0.0871. The number of rotatable bonds is 7. The van der Waals surface area contributed by atoms with Gasteiger partial charge in [0, 0.05) is 18.6 Å². The molecule has 5 heteroatoms. The first kappa shape index (κ1) is 19.7. The summed E-state index contributed by atoms with van der Waals surface area (Å²) in [7, 11) is 1.81. The molecule has 0 aromatic heterocycles. The zero-order chi connectivity index (χ0) is 19.1. The Kier molecular flexibility index (Phi) is 7.13. The van der Waals surface area contributed by atoms with E-state index >= 15 is 0 Å². The summed E-state index contributed by atoms with van der Waals surface area (Å²) in [6.45, 7) is 3.53. The van der Waals surface area contributed by atoms with Gasteiger partial charge in [0.15, 0.2) is 0 Å². The topological polar surface area (TPSA) is 32.8 Å². The molecule has 1 atom stereocenters. The molecule has 1 aliphatic heterocycles. The summed E-state index contributed by atoms with van der Waals surface area (Å²) in [5, 5.41) is 0.685. The summed E-state index contributed by atoms with van der Waals surface area (Å²) in [4.78, 5) is 16.8. The van der Waals surface area contributed by atoms with Gasteiger partial charge in [-0.25, -0.2) is 4.79 Å². The summed E-state index contributed by atoms with van der Waals surface area (Å²) in [6, 6.07) is 17.4. The molecule has 4 nitrogen and oxygen atoms in total. The molecule has 1 amide bonds. The van der Waals surface area contributed by atoms with Gasteiger partial charge < -0.3 is 14.5 Å². The Morgan fingerprint density at radius 1 is 1.15 bits per heavy atom. The first-order valence-corrected chi connectivity index (χ1v) is 9.92. The molecule has 0 aliphatic carbocycles. The quantitative estimate of drug-likeness (QED) is 0.660. The Labute approximate surface area is 166 Å². The lowest BCUT2D eigenvalue weighted by Crippen LogP contribution is -2.34. The highest BCUT2D eigenvalue weighted by Crippen LogP contribution is 2.27. The third-order valence-corrected chi connectivity index (χ3v) is 5.35. The first-order chi connectivity index (χ1) is 13.1. The number of hydrogen-bond donors (Lipinski definition) is 0. The maximum atomic E-state index is 12.7. The molecule has 144 valence electrons. The lowest BCUT2D eigenvalue weighted by Gasteiger charge is -2.29. The minimum atomic E-state index is -0.315. The van der Waals surface area contributed by atoms with E-state index in [0.717, 1.165) is 37.2 Å². The highest BCUT2D eigenvalue weighted by atomic mass is 35.5. The van der Waals surface area contributed by atoms with E-state index in [9.17, 15) is 4.79 Å². The molecular formula is C22H27ClN2O2. The lowest BCUT2D eigenvalue weighted by atomic mass is 10.0. The molecule has 1 unspecified atom stereocenters. The molecule has 3 rings (SSSR count). The number of nitrogens with zero attached hydrogens (tertiary/aromatic N) is 2. The van der Waals surface area contributed by atoms with E-state index in [4.69, 9.17) is 16.3 Å². The third kappa shape index (κ3) is 5.72. The van der Waals surface area contributed by atoms with Gasteiger partial charge in [-0.1, -0.05) is 54.1 Å². The second kappa shape index (κ2) is 9.77. The predicted molar refractivity (Wildman–Crippen MR) is 109 cm³/mol. The molecule has 1 saturated heterocycles. The van der Waals surface area contributed by atoms with Crippen LogP contribution in [0.3, 0.4) is 0 Å². The van der Waals surface area contributed by atoms with Crippen molar-refractivity contribution < 1.29 is 9.53 Å². The fourth-order valence-corrected chi connectivity index (χ4v) is 3.76. The van der Waals surface area contributed by atoms with Gasteiger partial charge in [-0.15, -0.1) is 0 Å². The SMILES string of the molecule is CN(C(=O)OCc1ccccc1)C(CCN1CCCC1)c1cccc(Cl)c1. The number of likely N-dealkylation sites (tertiary alicyclic amines) is 1. The number of carbonyl (C=O) groups excluding carboxylic acids is 1. The average molecular weight is 387 g/mol. The normalized spacial score (nSPS) is 15.5. The Balaban J connectivity index is 1.66. The van der Waals surface area contributed by atoms with Gasteiger partial charge in [0.25, 0.3) is 0 Å². The van der Waals surface area contributed by atoms with Crippen LogP contribution in [0.2, 0.25) is 5.02 Å². The highest BCUT2D eigenvalue weighted by molar-refractivity contribution is 6.30. The van der Waals surface area contributed by atoms with E-state index in [1.54, 1.807) is 4.90 Å². The Hall–Kier alpha value is -2.04. The highest BCUT2D eigenvalue weighted by Gasteiger charge is 2.24. The van der Waals surface area contributed by atoms with Crippen molar-refractivity contribution in [3.63, 3.8) is 0 Å². The van der Waals surface area contributed by atoms with Crippen LogP contribution in [-0.4, -0.2) is 42.6 Å². The van der Waals surface area contributed by atoms with Gasteiger partial charge in [-0.05, 0) is 55.6 Å². The van der Waals surface area contributed by atoms with Crippen molar-refractivity contribution in [1.82, 2.24) is 9.80 Å². The van der Waals surface area contributed by atoms with Crippen molar-refractivity contribution in [2.45, 2.75) is 31.9 Å². The van der Waals surface area contributed by atoms with Crippen molar-refractivity contribution >= 4 is 17.7 Å². The second-order valence-corrected chi connectivity index (χ2v) is 7.50. The van der Waals surface area contributed by atoms with Crippen LogP contribution in [0.1, 0.15) is 36.4 Å². The average Bonchev–Trinajstić information content (AvgIpc) is 3.20. The number of carbonyl (C=O) groups is 1. The molecule has 0 N–H and O–H groups in total. The monoisotopic (exact) mass is 386 g/mol. The number of amides is 1. The van der Waals surface area contributed by atoms with Crippen molar-refractivity contribution in [2.24, 2.45) is 0 Å². The van der Waals surface area contributed by atoms with Crippen molar-refractivity contribution in [2.75, 3.05) is 26.7 Å². The molecule has 2 aromatic rings. The Morgan fingerprint density at radius 3 is 2.59 bits per heavy atom. The Morgan fingerprint density at radius 2 is 1.89 bits per heavy atom. The molecule has 0 radical (unpaired) electrons. The van der Waals surface area contributed by atoms with Gasteiger partial charge in [0.1, 0.15) is 6.61 Å². The number of hydrogen-bond acceptors (Lipinski definition) is 3. The summed E-state index contributed by atoms with van der Waals surface area (Å²) >= 11 is 6.20. The molecule has 1 fully saturated rings. The number of benzene rings is 2. The van der Waals surface area contributed by atoms with Crippen LogP contribution in [0, 0.1) is 0 Å². The van der Waals surface area contributed by atoms with E-state index in [-0.39, 0.29) is 18.7 Å². The standard InChI is InChI=1S/C22H27ClN2O2/c1-24(22(26)27-17-18-8-3-2-4-9-18)21(12-15-25-13-5-6-14-25)19-10-7-11-20(23)16-19/h2-4,7-11,16,21H,5-6,12-15,17H2,1H3. The van der Waals surface area contributed by atoms with Gasteiger partial charge >= 0.3 is 6.09 Å². The fraction of sp³-hybridized carbons (Fsp3) is 0.409. The van der Waals surface area contributed by atoms with Gasteiger partial charge in [-0.3, -0.25) is 0 Å². The van der Waals surface area contributed by atoms with Crippen molar-refractivity contribution in [3.8, 4) is 0 Å². The molecule has 2 aromatic carbocycles. The zero-order valence-electron chi connectivity index (χ0n) is 15.8. The summed E-state index contributed by atoms with van der Waals surface area (Å²) in [5.74, 6) is 0. The zero-order valence-corrected chi connectivity index (χ0v) is 16.6. The van der Waals surface area contributed by atoms with Crippen LogP contribution in [0.4, 0.5) is 4.79 Å². The van der Waals surface area contributed by atoms with Crippen LogP contribution in [0.25, 0.3) is 0 Å². The van der Waals surface area contributed by atoms with E-state index in [1.807, 2.05) is 61.6 Å². The fourth-order valence-electron chi connectivity index (χ4n) is 3.56. The molecule has 1 aliphatic rings. The minimum Gasteiger partial charge on any atom is -0.445 e. The van der Waals surface area contributed by atoms with E-state index in [2.05, 4.69) is 4.90 Å². The first-order valence-electron chi connectivity index (χ1n) is 9.55. The van der Waals surface area contributed by atoms with Gasteiger partial charge in [-0.2, -0.15) is 0 Å². The number of halogens is 1. The summed E-state index contributed by atoms with van der Waals surface area (Å²) in [5.41, 5.74) is 2.02. The van der Waals surface area contributed by atoms with Crippen molar-refractivity contribution in [3.05, 3.63) is 70.7 Å². The minimum absolute atomic E-state index is 0.0624. The maximum Gasteiger partial charge on any atom is 0.410 e. The second-order valence-electron chi connectivity index (χ2n) is 7.06. The largest absolute Gasteiger partial charge is 0.445 e. The van der Waals surface area contributed by atoms with Gasteiger partial charge in [0.2, 0.25) is 0 Å². The molecule has 1 heterocycles. The summed E-state index contributed by atoms with van der Waals surface area (Å²) in [6.07, 6.45) is 3.07. The van der Waals surface area contributed by atoms with Crippen LogP contribution in [-0.2, 0) is 11.3 Å². The number of ether oxygens (including phenoxy) is 1.